The highest BCUT2D eigenvalue weighted by atomic mass is 32.1. The monoisotopic (exact) mass is 360 g/mol. The number of hydrogen-bond acceptors (Lipinski definition) is 5. The first-order valence-electron chi connectivity index (χ1n) is 8.32. The van der Waals surface area contributed by atoms with Gasteiger partial charge in [-0.25, -0.2) is 0 Å². The average Bonchev–Trinajstić information content (AvgIpc) is 3.13. The first kappa shape index (κ1) is 17.8. The van der Waals surface area contributed by atoms with Gasteiger partial charge in [-0.1, -0.05) is 0 Å². The van der Waals surface area contributed by atoms with E-state index in [2.05, 4.69) is 22.4 Å². The van der Waals surface area contributed by atoms with Crippen molar-refractivity contribution in [3.63, 3.8) is 0 Å². The molecule has 0 atom stereocenters. The van der Waals surface area contributed by atoms with E-state index in [-0.39, 0.29) is 5.91 Å². The smallest absolute Gasteiger partial charge is 0.236 e. The third kappa shape index (κ3) is 4.14. The summed E-state index contributed by atoms with van der Waals surface area (Å²) < 4.78 is 10.8. The Morgan fingerprint density at radius 3 is 2.60 bits per heavy atom. The van der Waals surface area contributed by atoms with Gasteiger partial charge in [0, 0.05) is 26.7 Å². The summed E-state index contributed by atoms with van der Waals surface area (Å²) in [7, 11) is 5.17. The fourth-order valence-electron chi connectivity index (χ4n) is 3.13. The van der Waals surface area contributed by atoms with Gasteiger partial charge in [0.1, 0.15) is 0 Å². The zero-order valence-electron chi connectivity index (χ0n) is 14.9. The van der Waals surface area contributed by atoms with Crippen molar-refractivity contribution in [2.24, 2.45) is 0 Å². The van der Waals surface area contributed by atoms with Crippen LogP contribution in [0.15, 0.2) is 29.0 Å². The molecule has 0 saturated heterocycles. The molecule has 0 spiro atoms. The van der Waals surface area contributed by atoms with Gasteiger partial charge in [-0.3, -0.25) is 9.69 Å². The Kier molecular flexibility index (Phi) is 5.60. The number of fused-ring (bicyclic) bond motifs is 1. The number of hydrogen-bond donors (Lipinski definition) is 0. The van der Waals surface area contributed by atoms with Crippen molar-refractivity contribution in [3.8, 4) is 11.5 Å². The van der Waals surface area contributed by atoms with Crippen molar-refractivity contribution < 1.29 is 14.3 Å². The van der Waals surface area contributed by atoms with Gasteiger partial charge in [-0.2, -0.15) is 11.3 Å². The zero-order chi connectivity index (χ0) is 17.8. The molecule has 0 N–H and O–H groups in total. The van der Waals surface area contributed by atoms with Crippen molar-refractivity contribution >= 4 is 17.2 Å². The SMILES string of the molecule is COc1cc2c(cc1OC)CN(CC(=O)N(C)Cc1ccsc1)CC2. The van der Waals surface area contributed by atoms with Crippen LogP contribution in [0.2, 0.25) is 0 Å². The molecule has 2 heterocycles. The van der Waals surface area contributed by atoms with E-state index < -0.39 is 0 Å². The molecule has 0 fully saturated rings. The molecular formula is C19H24N2O3S. The van der Waals surface area contributed by atoms with E-state index in [1.165, 1.54) is 16.7 Å². The molecule has 1 aromatic heterocycles. The highest BCUT2D eigenvalue weighted by molar-refractivity contribution is 7.07. The molecule has 0 aliphatic carbocycles. The molecule has 3 rings (SSSR count). The van der Waals surface area contributed by atoms with Gasteiger partial charge in [0.2, 0.25) is 5.91 Å². The number of benzene rings is 1. The zero-order valence-corrected chi connectivity index (χ0v) is 15.8. The largest absolute Gasteiger partial charge is 0.493 e. The Labute approximate surface area is 152 Å². The second-order valence-corrected chi connectivity index (χ2v) is 7.10. The topological polar surface area (TPSA) is 42.0 Å². The lowest BCUT2D eigenvalue weighted by molar-refractivity contribution is -0.131. The second-order valence-electron chi connectivity index (χ2n) is 6.32. The van der Waals surface area contributed by atoms with Gasteiger partial charge >= 0.3 is 0 Å². The maximum atomic E-state index is 12.5. The first-order chi connectivity index (χ1) is 12.1. The first-order valence-corrected chi connectivity index (χ1v) is 9.26. The number of nitrogens with zero attached hydrogens (tertiary/aromatic N) is 2. The number of carbonyl (C=O) groups is 1. The van der Waals surface area contributed by atoms with Crippen LogP contribution in [0.3, 0.4) is 0 Å². The molecular weight excluding hydrogens is 336 g/mol. The molecule has 0 bridgehead atoms. The Hall–Kier alpha value is -2.05. The van der Waals surface area contributed by atoms with E-state index in [1.54, 1.807) is 30.5 Å². The van der Waals surface area contributed by atoms with Crippen LogP contribution in [-0.4, -0.2) is 50.1 Å². The summed E-state index contributed by atoms with van der Waals surface area (Å²) >= 11 is 1.66. The highest BCUT2D eigenvalue weighted by Crippen LogP contribution is 2.33. The molecule has 1 aliphatic heterocycles. The minimum absolute atomic E-state index is 0.148. The van der Waals surface area contributed by atoms with Crippen molar-refractivity contribution in [1.29, 1.82) is 0 Å². The van der Waals surface area contributed by atoms with E-state index in [1.807, 2.05) is 18.5 Å². The minimum atomic E-state index is 0.148. The van der Waals surface area contributed by atoms with Crippen LogP contribution in [-0.2, 0) is 24.3 Å². The van der Waals surface area contributed by atoms with E-state index in [9.17, 15) is 4.79 Å². The quantitative estimate of drug-likeness (QED) is 0.794. The Morgan fingerprint density at radius 2 is 1.96 bits per heavy atom. The third-order valence-corrected chi connectivity index (χ3v) is 5.31. The number of rotatable bonds is 6. The van der Waals surface area contributed by atoms with E-state index in [4.69, 9.17) is 9.47 Å². The molecule has 1 amide bonds. The molecule has 6 heteroatoms. The molecule has 25 heavy (non-hydrogen) atoms. The molecule has 0 radical (unpaired) electrons. The number of amides is 1. The highest BCUT2D eigenvalue weighted by Gasteiger charge is 2.22. The molecule has 1 aromatic carbocycles. The van der Waals surface area contributed by atoms with Crippen molar-refractivity contribution in [1.82, 2.24) is 9.80 Å². The average molecular weight is 360 g/mol. The third-order valence-electron chi connectivity index (χ3n) is 4.58. The summed E-state index contributed by atoms with van der Waals surface area (Å²) in [6, 6.07) is 6.14. The van der Waals surface area contributed by atoms with Crippen LogP contribution in [0.5, 0.6) is 11.5 Å². The van der Waals surface area contributed by atoms with Gasteiger partial charge in [0.15, 0.2) is 11.5 Å². The Balaban J connectivity index is 1.63. The second kappa shape index (κ2) is 7.89. The van der Waals surface area contributed by atoms with Crippen LogP contribution >= 0.6 is 11.3 Å². The van der Waals surface area contributed by atoms with Crippen molar-refractivity contribution in [2.75, 3.05) is 34.4 Å². The van der Waals surface area contributed by atoms with E-state index in [0.29, 0.717) is 13.1 Å². The summed E-state index contributed by atoms with van der Waals surface area (Å²) in [6.45, 7) is 2.74. The summed E-state index contributed by atoms with van der Waals surface area (Å²) in [6.07, 6.45) is 0.914. The van der Waals surface area contributed by atoms with Crippen LogP contribution in [0.25, 0.3) is 0 Å². The summed E-state index contributed by atoms with van der Waals surface area (Å²) in [4.78, 5) is 16.5. The Morgan fingerprint density at radius 1 is 1.24 bits per heavy atom. The number of carbonyl (C=O) groups excluding carboxylic acids is 1. The molecule has 134 valence electrons. The summed E-state index contributed by atoms with van der Waals surface area (Å²) in [5.41, 5.74) is 3.66. The normalized spacial score (nSPS) is 14.0. The van der Waals surface area contributed by atoms with Crippen LogP contribution in [0.1, 0.15) is 16.7 Å². The maximum absolute atomic E-state index is 12.5. The van der Waals surface area contributed by atoms with Gasteiger partial charge in [-0.05, 0) is 52.1 Å². The molecule has 0 unspecified atom stereocenters. The summed E-state index contributed by atoms with van der Waals surface area (Å²) in [5, 5.41) is 4.12. The predicted molar refractivity (Wildman–Crippen MR) is 99.3 cm³/mol. The van der Waals surface area contributed by atoms with Crippen LogP contribution in [0, 0.1) is 0 Å². The molecule has 0 saturated carbocycles. The lowest BCUT2D eigenvalue weighted by Gasteiger charge is -2.30. The Bertz CT molecular complexity index is 731. The number of likely N-dealkylation sites (N-methyl/N-ethyl adjacent to an activating group) is 1. The lowest BCUT2D eigenvalue weighted by Crippen LogP contribution is -2.40. The van der Waals surface area contributed by atoms with E-state index in [0.717, 1.165) is 31.0 Å². The van der Waals surface area contributed by atoms with Crippen LogP contribution < -0.4 is 9.47 Å². The molecule has 2 aromatic rings. The number of methoxy groups -OCH3 is 2. The lowest BCUT2D eigenvalue weighted by atomic mass is 9.99. The summed E-state index contributed by atoms with van der Waals surface area (Å²) in [5.74, 6) is 1.65. The fraction of sp³-hybridized carbons (Fsp3) is 0.421. The van der Waals surface area contributed by atoms with E-state index >= 15 is 0 Å². The predicted octanol–water partition coefficient (Wildman–Crippen LogP) is 2.78. The minimum Gasteiger partial charge on any atom is -0.493 e. The van der Waals surface area contributed by atoms with Gasteiger partial charge in [0.25, 0.3) is 0 Å². The van der Waals surface area contributed by atoms with Crippen LogP contribution in [0.4, 0.5) is 0 Å². The fourth-order valence-corrected chi connectivity index (χ4v) is 3.79. The molecule has 5 nitrogen and oxygen atoms in total. The molecule has 1 aliphatic rings. The number of thiophene rings is 1. The maximum Gasteiger partial charge on any atom is 0.236 e. The van der Waals surface area contributed by atoms with Crippen molar-refractivity contribution in [2.45, 2.75) is 19.5 Å². The standard InChI is InChI=1S/C19H24N2O3S/c1-20(10-14-5-7-25-13-14)19(22)12-21-6-4-15-8-17(23-2)18(24-3)9-16(15)11-21/h5,7-9,13H,4,6,10-12H2,1-3H3. The van der Waals surface area contributed by atoms with Gasteiger partial charge in [-0.15, -0.1) is 0 Å². The number of ether oxygens (including phenoxy) is 2. The van der Waals surface area contributed by atoms with Gasteiger partial charge in [0.05, 0.1) is 20.8 Å². The van der Waals surface area contributed by atoms with Gasteiger partial charge < -0.3 is 14.4 Å². The van der Waals surface area contributed by atoms with Crippen molar-refractivity contribution in [3.05, 3.63) is 45.6 Å².